The Morgan fingerprint density at radius 2 is 1.92 bits per heavy atom. The minimum Gasteiger partial charge on any atom is -0.395 e. The molecule has 0 fully saturated rings. The van der Waals surface area contributed by atoms with Crippen LogP contribution in [0.2, 0.25) is 0 Å². The summed E-state index contributed by atoms with van der Waals surface area (Å²) in [6.45, 7) is 7.60. The number of nitrogens with two attached hydrogens (primary N) is 1. The molecule has 0 spiro atoms. The van der Waals surface area contributed by atoms with Crippen LogP contribution in [0.3, 0.4) is 0 Å². The molecule has 3 heteroatoms. The molecule has 0 aliphatic heterocycles. The molecule has 0 aliphatic carbocycles. The van der Waals surface area contributed by atoms with E-state index in [2.05, 4.69) is 20.8 Å². The first-order chi connectivity index (χ1) is 5.99. The first kappa shape index (κ1) is 13.3. The van der Waals surface area contributed by atoms with Crippen molar-refractivity contribution in [3.8, 4) is 0 Å². The summed E-state index contributed by atoms with van der Waals surface area (Å²) in [5.41, 5.74) is 5.41. The minimum absolute atomic E-state index is 0.246. The highest BCUT2D eigenvalue weighted by Crippen LogP contribution is 2.30. The SMILES string of the molecule is CC(C)(C)S[C@H](CO)CCCCN. The number of aliphatic hydroxyl groups is 1. The largest absolute Gasteiger partial charge is 0.395 e. The topological polar surface area (TPSA) is 46.2 Å². The Labute approximate surface area is 86.3 Å². The van der Waals surface area contributed by atoms with Crippen LogP contribution in [0.1, 0.15) is 40.0 Å². The maximum Gasteiger partial charge on any atom is 0.0550 e. The van der Waals surface area contributed by atoms with E-state index in [-0.39, 0.29) is 11.4 Å². The highest BCUT2D eigenvalue weighted by molar-refractivity contribution is 8.01. The fraction of sp³-hybridized carbons (Fsp3) is 1.00. The van der Waals surface area contributed by atoms with Crippen LogP contribution < -0.4 is 5.73 Å². The number of hydrogen-bond acceptors (Lipinski definition) is 3. The average Bonchev–Trinajstić information content (AvgIpc) is 2.01. The average molecular weight is 205 g/mol. The molecule has 0 aromatic heterocycles. The predicted molar refractivity (Wildman–Crippen MR) is 61.1 cm³/mol. The summed E-state index contributed by atoms with van der Waals surface area (Å²) in [6, 6.07) is 0. The van der Waals surface area contributed by atoms with Crippen molar-refractivity contribution in [3.63, 3.8) is 0 Å². The van der Waals surface area contributed by atoms with Crippen LogP contribution in [0.15, 0.2) is 0 Å². The summed E-state index contributed by atoms with van der Waals surface area (Å²) in [5.74, 6) is 0. The van der Waals surface area contributed by atoms with Crippen LogP contribution in [-0.2, 0) is 0 Å². The standard InChI is InChI=1S/C10H23NOS/c1-10(2,3)13-9(8-12)6-4-5-7-11/h9,12H,4-8,11H2,1-3H3/t9-/m0/s1. The van der Waals surface area contributed by atoms with Crippen LogP contribution >= 0.6 is 11.8 Å². The van der Waals surface area contributed by atoms with Crippen molar-refractivity contribution in [1.29, 1.82) is 0 Å². The van der Waals surface area contributed by atoms with Gasteiger partial charge >= 0.3 is 0 Å². The number of thioether (sulfide) groups is 1. The normalized spacial score (nSPS) is 14.5. The molecule has 0 rings (SSSR count). The lowest BCUT2D eigenvalue weighted by Gasteiger charge is -2.24. The van der Waals surface area contributed by atoms with Crippen molar-refractivity contribution in [2.45, 2.75) is 50.0 Å². The van der Waals surface area contributed by atoms with E-state index in [0.717, 1.165) is 25.8 Å². The molecule has 0 aromatic rings. The molecule has 2 nitrogen and oxygen atoms in total. The summed E-state index contributed by atoms with van der Waals surface area (Å²) >= 11 is 1.86. The Kier molecular flexibility index (Phi) is 6.82. The number of rotatable bonds is 6. The van der Waals surface area contributed by atoms with Crippen molar-refractivity contribution >= 4 is 11.8 Å². The van der Waals surface area contributed by atoms with Crippen LogP contribution in [0.5, 0.6) is 0 Å². The summed E-state index contributed by atoms with van der Waals surface area (Å²) in [4.78, 5) is 0. The molecular weight excluding hydrogens is 182 g/mol. The number of unbranched alkanes of at least 4 members (excludes halogenated alkanes) is 1. The summed E-state index contributed by atoms with van der Waals surface area (Å²) in [7, 11) is 0. The van der Waals surface area contributed by atoms with E-state index in [1.807, 2.05) is 11.8 Å². The van der Waals surface area contributed by atoms with Gasteiger partial charge in [-0.25, -0.2) is 0 Å². The molecule has 80 valence electrons. The van der Waals surface area contributed by atoms with E-state index < -0.39 is 0 Å². The summed E-state index contributed by atoms with van der Waals surface area (Å²) in [5, 5.41) is 9.52. The maximum atomic E-state index is 9.14. The molecule has 0 saturated heterocycles. The smallest absolute Gasteiger partial charge is 0.0550 e. The van der Waals surface area contributed by atoms with Gasteiger partial charge in [0.05, 0.1) is 6.61 Å². The number of aliphatic hydroxyl groups excluding tert-OH is 1. The van der Waals surface area contributed by atoms with E-state index in [1.165, 1.54) is 0 Å². The molecule has 1 atom stereocenters. The van der Waals surface area contributed by atoms with Gasteiger partial charge < -0.3 is 10.8 Å². The van der Waals surface area contributed by atoms with Crippen molar-refractivity contribution in [2.24, 2.45) is 5.73 Å². The van der Waals surface area contributed by atoms with Crippen LogP contribution in [0, 0.1) is 0 Å². The molecule has 0 radical (unpaired) electrons. The lowest BCUT2D eigenvalue weighted by atomic mass is 10.2. The number of hydrogen-bond donors (Lipinski definition) is 2. The van der Waals surface area contributed by atoms with Gasteiger partial charge in [-0.1, -0.05) is 27.2 Å². The van der Waals surface area contributed by atoms with E-state index in [0.29, 0.717) is 5.25 Å². The quantitative estimate of drug-likeness (QED) is 0.652. The zero-order valence-electron chi connectivity index (χ0n) is 9.05. The van der Waals surface area contributed by atoms with Gasteiger partial charge in [-0.3, -0.25) is 0 Å². The van der Waals surface area contributed by atoms with Gasteiger partial charge in [0.15, 0.2) is 0 Å². The van der Waals surface area contributed by atoms with Gasteiger partial charge in [-0.15, -0.1) is 0 Å². The Balaban J connectivity index is 3.63. The third-order valence-corrected chi connectivity index (χ3v) is 3.13. The van der Waals surface area contributed by atoms with E-state index in [4.69, 9.17) is 10.8 Å². The highest BCUT2D eigenvalue weighted by Gasteiger charge is 2.17. The second kappa shape index (κ2) is 6.68. The fourth-order valence-electron chi connectivity index (χ4n) is 1.20. The van der Waals surface area contributed by atoms with Crippen molar-refractivity contribution in [2.75, 3.05) is 13.2 Å². The Morgan fingerprint density at radius 3 is 2.31 bits per heavy atom. The lowest BCUT2D eigenvalue weighted by molar-refractivity contribution is 0.288. The monoisotopic (exact) mass is 205 g/mol. The van der Waals surface area contributed by atoms with Gasteiger partial charge in [0, 0.05) is 10.00 Å². The fourth-order valence-corrected chi connectivity index (χ4v) is 2.56. The maximum absolute atomic E-state index is 9.14. The van der Waals surface area contributed by atoms with Gasteiger partial charge in [0.25, 0.3) is 0 Å². The molecule has 0 unspecified atom stereocenters. The van der Waals surface area contributed by atoms with Gasteiger partial charge in [-0.2, -0.15) is 11.8 Å². The van der Waals surface area contributed by atoms with Crippen LogP contribution in [0.25, 0.3) is 0 Å². The first-order valence-electron chi connectivity index (χ1n) is 4.98. The molecule has 3 N–H and O–H groups in total. The van der Waals surface area contributed by atoms with Crippen molar-refractivity contribution in [1.82, 2.24) is 0 Å². The molecular formula is C10H23NOS. The van der Waals surface area contributed by atoms with Gasteiger partial charge in [0.2, 0.25) is 0 Å². The molecule has 0 amide bonds. The first-order valence-corrected chi connectivity index (χ1v) is 5.86. The Hall–Kier alpha value is 0.270. The molecule has 0 aliphatic rings. The van der Waals surface area contributed by atoms with Crippen molar-refractivity contribution in [3.05, 3.63) is 0 Å². The lowest BCUT2D eigenvalue weighted by Crippen LogP contribution is -2.19. The van der Waals surface area contributed by atoms with E-state index >= 15 is 0 Å². The second-order valence-electron chi connectivity index (χ2n) is 4.32. The summed E-state index contributed by atoms with van der Waals surface area (Å²) < 4.78 is 0.246. The van der Waals surface area contributed by atoms with Crippen molar-refractivity contribution < 1.29 is 5.11 Å². The van der Waals surface area contributed by atoms with Crippen LogP contribution in [-0.4, -0.2) is 28.3 Å². The highest BCUT2D eigenvalue weighted by atomic mass is 32.2. The zero-order valence-corrected chi connectivity index (χ0v) is 9.86. The third-order valence-electron chi connectivity index (χ3n) is 1.70. The third kappa shape index (κ3) is 8.60. The minimum atomic E-state index is 0.246. The zero-order chi connectivity index (χ0) is 10.3. The molecule has 0 heterocycles. The molecule has 0 bridgehead atoms. The van der Waals surface area contributed by atoms with Crippen LogP contribution in [0.4, 0.5) is 0 Å². The van der Waals surface area contributed by atoms with Gasteiger partial charge in [0.1, 0.15) is 0 Å². The summed E-state index contributed by atoms with van der Waals surface area (Å²) in [6.07, 6.45) is 3.28. The second-order valence-corrected chi connectivity index (χ2v) is 6.45. The Bertz CT molecular complexity index is 123. The van der Waals surface area contributed by atoms with Gasteiger partial charge in [-0.05, 0) is 19.4 Å². The van der Waals surface area contributed by atoms with E-state index in [9.17, 15) is 0 Å². The molecule has 0 aromatic carbocycles. The Morgan fingerprint density at radius 1 is 1.31 bits per heavy atom. The molecule has 0 saturated carbocycles. The predicted octanol–water partition coefficient (Wildman–Crippen LogP) is 2.01. The van der Waals surface area contributed by atoms with E-state index in [1.54, 1.807) is 0 Å². The molecule has 13 heavy (non-hydrogen) atoms.